The van der Waals surface area contributed by atoms with Gasteiger partial charge in [0.25, 0.3) is 0 Å². The second-order valence-electron chi connectivity index (χ2n) is 6.10. The molecule has 1 heterocycles. The first-order chi connectivity index (χ1) is 12.6. The molecule has 5 nitrogen and oxygen atoms in total. The van der Waals surface area contributed by atoms with Gasteiger partial charge in [0.15, 0.2) is 0 Å². The zero-order chi connectivity index (χ0) is 18.5. The SMILES string of the molecule is CCOc1ccc(CC(=O)Nc2c(C)nn(-c3ccccc3)c2C)cc1. The number of aromatic nitrogens is 2. The highest BCUT2D eigenvalue weighted by Crippen LogP contribution is 2.23. The number of anilines is 1. The maximum Gasteiger partial charge on any atom is 0.228 e. The third-order valence-corrected chi connectivity index (χ3v) is 4.16. The number of hydrogen-bond donors (Lipinski definition) is 1. The summed E-state index contributed by atoms with van der Waals surface area (Å²) < 4.78 is 7.28. The van der Waals surface area contributed by atoms with Gasteiger partial charge in [-0.2, -0.15) is 5.10 Å². The fourth-order valence-electron chi connectivity index (χ4n) is 2.88. The van der Waals surface area contributed by atoms with Crippen LogP contribution in [0.4, 0.5) is 5.69 Å². The summed E-state index contributed by atoms with van der Waals surface area (Å²) in [5, 5.41) is 7.56. The standard InChI is InChI=1S/C21H23N3O2/c1-4-26-19-12-10-17(11-13-19)14-20(25)22-21-15(2)23-24(16(21)3)18-8-6-5-7-9-18/h5-13H,4,14H2,1-3H3,(H,22,25). The smallest absolute Gasteiger partial charge is 0.228 e. The molecule has 1 aromatic heterocycles. The fourth-order valence-corrected chi connectivity index (χ4v) is 2.88. The van der Waals surface area contributed by atoms with Crippen LogP contribution < -0.4 is 10.1 Å². The number of hydrogen-bond acceptors (Lipinski definition) is 3. The minimum atomic E-state index is -0.0621. The first-order valence-electron chi connectivity index (χ1n) is 8.71. The second-order valence-corrected chi connectivity index (χ2v) is 6.10. The zero-order valence-corrected chi connectivity index (χ0v) is 15.3. The van der Waals surface area contributed by atoms with Gasteiger partial charge in [-0.25, -0.2) is 4.68 Å². The number of aryl methyl sites for hydroxylation is 1. The largest absolute Gasteiger partial charge is 0.494 e. The van der Waals surface area contributed by atoms with E-state index >= 15 is 0 Å². The molecule has 0 fully saturated rings. The van der Waals surface area contributed by atoms with Gasteiger partial charge in [0, 0.05) is 0 Å². The predicted molar refractivity (Wildman–Crippen MR) is 103 cm³/mol. The maximum atomic E-state index is 12.5. The Morgan fingerprint density at radius 1 is 1.08 bits per heavy atom. The molecule has 2 aromatic carbocycles. The summed E-state index contributed by atoms with van der Waals surface area (Å²) in [6, 6.07) is 17.5. The summed E-state index contributed by atoms with van der Waals surface area (Å²) in [5.41, 5.74) is 4.39. The van der Waals surface area contributed by atoms with Crippen molar-refractivity contribution in [3.63, 3.8) is 0 Å². The average Bonchev–Trinajstić information content (AvgIpc) is 2.92. The molecule has 0 radical (unpaired) electrons. The maximum absolute atomic E-state index is 12.5. The summed E-state index contributed by atoms with van der Waals surface area (Å²) in [6.07, 6.45) is 0.307. The van der Waals surface area contributed by atoms with Crippen molar-refractivity contribution in [1.29, 1.82) is 0 Å². The van der Waals surface area contributed by atoms with Crippen LogP contribution in [0.25, 0.3) is 5.69 Å². The van der Waals surface area contributed by atoms with Gasteiger partial charge in [-0.15, -0.1) is 0 Å². The second kappa shape index (κ2) is 7.87. The van der Waals surface area contributed by atoms with Gasteiger partial charge in [0.2, 0.25) is 5.91 Å². The van der Waals surface area contributed by atoms with Gasteiger partial charge in [-0.3, -0.25) is 4.79 Å². The molecule has 26 heavy (non-hydrogen) atoms. The number of benzene rings is 2. The van der Waals surface area contributed by atoms with Crippen LogP contribution in [-0.2, 0) is 11.2 Å². The molecule has 0 saturated heterocycles. The predicted octanol–water partition coefficient (Wildman–Crippen LogP) is 4.07. The van der Waals surface area contributed by atoms with Crippen LogP contribution in [0.2, 0.25) is 0 Å². The molecule has 0 unspecified atom stereocenters. The Balaban J connectivity index is 1.72. The van der Waals surface area contributed by atoms with E-state index in [1.54, 1.807) is 0 Å². The summed E-state index contributed by atoms with van der Waals surface area (Å²) in [5.74, 6) is 0.750. The van der Waals surface area contributed by atoms with E-state index in [2.05, 4.69) is 10.4 Å². The summed E-state index contributed by atoms with van der Waals surface area (Å²) in [4.78, 5) is 12.5. The highest BCUT2D eigenvalue weighted by Gasteiger charge is 2.15. The van der Waals surface area contributed by atoms with Crippen molar-refractivity contribution >= 4 is 11.6 Å². The van der Waals surface area contributed by atoms with Gasteiger partial charge in [-0.1, -0.05) is 30.3 Å². The van der Waals surface area contributed by atoms with Crippen LogP contribution in [-0.4, -0.2) is 22.3 Å². The van der Waals surface area contributed by atoms with Crippen molar-refractivity contribution in [1.82, 2.24) is 9.78 Å². The minimum absolute atomic E-state index is 0.0621. The first kappa shape index (κ1) is 17.7. The Labute approximate surface area is 153 Å². The van der Waals surface area contributed by atoms with E-state index in [1.165, 1.54) is 0 Å². The number of amides is 1. The molecule has 0 spiro atoms. The Morgan fingerprint density at radius 2 is 1.77 bits per heavy atom. The molecule has 0 atom stereocenters. The molecule has 0 bridgehead atoms. The van der Waals surface area contributed by atoms with Gasteiger partial charge in [-0.05, 0) is 50.6 Å². The Morgan fingerprint density at radius 3 is 2.42 bits per heavy atom. The molecule has 1 N–H and O–H groups in total. The highest BCUT2D eigenvalue weighted by atomic mass is 16.5. The van der Waals surface area contributed by atoms with Crippen molar-refractivity contribution in [2.24, 2.45) is 0 Å². The third-order valence-electron chi connectivity index (χ3n) is 4.16. The summed E-state index contributed by atoms with van der Waals surface area (Å²) >= 11 is 0. The Bertz CT molecular complexity index is 884. The quantitative estimate of drug-likeness (QED) is 0.730. The lowest BCUT2D eigenvalue weighted by molar-refractivity contribution is -0.115. The van der Waals surface area contributed by atoms with Gasteiger partial charge in [0.1, 0.15) is 5.75 Å². The molecule has 0 aliphatic carbocycles. The van der Waals surface area contributed by atoms with Crippen LogP contribution in [0.1, 0.15) is 23.9 Å². The molecule has 3 rings (SSSR count). The number of rotatable bonds is 6. The third kappa shape index (κ3) is 3.94. The Kier molecular flexibility index (Phi) is 5.37. The lowest BCUT2D eigenvalue weighted by Gasteiger charge is -2.08. The number of carbonyl (C=O) groups excluding carboxylic acids is 1. The monoisotopic (exact) mass is 349 g/mol. The first-order valence-corrected chi connectivity index (χ1v) is 8.71. The summed E-state index contributed by atoms with van der Waals surface area (Å²) in [6.45, 7) is 6.43. The highest BCUT2D eigenvalue weighted by molar-refractivity contribution is 5.93. The number of carbonyl (C=O) groups is 1. The lowest BCUT2D eigenvalue weighted by atomic mass is 10.1. The Hall–Kier alpha value is -3.08. The van der Waals surface area contributed by atoms with Gasteiger partial charge in [0.05, 0.1) is 35.8 Å². The van der Waals surface area contributed by atoms with Crippen LogP contribution >= 0.6 is 0 Å². The lowest BCUT2D eigenvalue weighted by Crippen LogP contribution is -2.15. The van der Waals surface area contributed by atoms with Crippen molar-refractivity contribution < 1.29 is 9.53 Å². The van der Waals surface area contributed by atoms with Crippen LogP contribution in [0.3, 0.4) is 0 Å². The molecular formula is C21H23N3O2. The molecular weight excluding hydrogens is 326 g/mol. The van der Waals surface area contributed by atoms with Crippen LogP contribution in [0, 0.1) is 13.8 Å². The number of ether oxygens (including phenoxy) is 1. The molecule has 0 saturated carbocycles. The van der Waals surface area contributed by atoms with E-state index in [0.29, 0.717) is 13.0 Å². The number of nitrogens with zero attached hydrogens (tertiary/aromatic N) is 2. The van der Waals surface area contributed by atoms with E-state index in [-0.39, 0.29) is 5.91 Å². The number of nitrogens with one attached hydrogen (secondary N) is 1. The average molecular weight is 349 g/mol. The van der Waals surface area contributed by atoms with E-state index in [4.69, 9.17) is 4.74 Å². The van der Waals surface area contributed by atoms with Crippen molar-refractivity contribution in [3.8, 4) is 11.4 Å². The van der Waals surface area contributed by atoms with Crippen molar-refractivity contribution in [2.75, 3.05) is 11.9 Å². The molecule has 0 aliphatic heterocycles. The molecule has 3 aromatic rings. The molecule has 134 valence electrons. The van der Waals surface area contributed by atoms with Crippen molar-refractivity contribution in [2.45, 2.75) is 27.2 Å². The van der Waals surface area contributed by atoms with Crippen LogP contribution in [0.15, 0.2) is 54.6 Å². The molecule has 5 heteroatoms. The topological polar surface area (TPSA) is 56.1 Å². The number of para-hydroxylation sites is 1. The molecule has 0 aliphatic rings. The minimum Gasteiger partial charge on any atom is -0.494 e. The zero-order valence-electron chi connectivity index (χ0n) is 15.3. The van der Waals surface area contributed by atoms with Gasteiger partial charge >= 0.3 is 0 Å². The normalized spacial score (nSPS) is 10.6. The van der Waals surface area contributed by atoms with E-state index < -0.39 is 0 Å². The fraction of sp³-hybridized carbons (Fsp3) is 0.238. The summed E-state index contributed by atoms with van der Waals surface area (Å²) in [7, 11) is 0. The van der Waals surface area contributed by atoms with Crippen LogP contribution in [0.5, 0.6) is 5.75 Å². The van der Waals surface area contributed by atoms with Crippen molar-refractivity contribution in [3.05, 3.63) is 71.5 Å². The van der Waals surface area contributed by atoms with Gasteiger partial charge < -0.3 is 10.1 Å². The van der Waals surface area contributed by atoms with E-state index in [1.807, 2.05) is 80.1 Å². The van der Waals surface area contributed by atoms with E-state index in [9.17, 15) is 4.79 Å². The van der Waals surface area contributed by atoms with E-state index in [0.717, 1.165) is 34.1 Å². The molecule has 1 amide bonds.